The van der Waals surface area contributed by atoms with Crippen LogP contribution in [0.15, 0.2) is 54.9 Å². The van der Waals surface area contributed by atoms with Crippen LogP contribution in [0.1, 0.15) is 10.4 Å². The van der Waals surface area contributed by atoms with E-state index in [1.165, 1.54) is 12.4 Å². The highest BCUT2D eigenvalue weighted by Gasteiger charge is 2.10. The molecular formula is C21H23N5O3. The van der Waals surface area contributed by atoms with Gasteiger partial charge in [-0.3, -0.25) is 4.79 Å². The Morgan fingerprint density at radius 2 is 1.66 bits per heavy atom. The number of hydrogen-bond acceptors (Lipinski definition) is 7. The van der Waals surface area contributed by atoms with Crippen LogP contribution in [0.2, 0.25) is 0 Å². The summed E-state index contributed by atoms with van der Waals surface area (Å²) in [5.74, 6) is 1.35. The van der Waals surface area contributed by atoms with Crippen molar-refractivity contribution in [1.82, 2.24) is 9.97 Å². The van der Waals surface area contributed by atoms with Crippen molar-refractivity contribution in [3.63, 3.8) is 0 Å². The number of aromatic nitrogens is 2. The first-order chi connectivity index (χ1) is 14.0. The SMILES string of the molecule is COc1ccc(OC)c(Nc2ncc(C(=O)Nc3ccc(N(C)C)cc3)cn2)c1. The lowest BCUT2D eigenvalue weighted by Gasteiger charge is -2.13. The third kappa shape index (κ3) is 4.92. The molecule has 8 nitrogen and oxygen atoms in total. The van der Waals surface area contributed by atoms with Gasteiger partial charge in [0.15, 0.2) is 0 Å². The Hall–Kier alpha value is -3.81. The second-order valence-electron chi connectivity index (χ2n) is 6.38. The predicted octanol–water partition coefficient (Wildman–Crippen LogP) is 3.56. The summed E-state index contributed by atoms with van der Waals surface area (Å²) >= 11 is 0. The molecule has 0 aliphatic carbocycles. The van der Waals surface area contributed by atoms with Crippen LogP contribution in [-0.2, 0) is 0 Å². The first-order valence-electron chi connectivity index (χ1n) is 8.90. The molecule has 0 saturated heterocycles. The maximum atomic E-state index is 12.4. The van der Waals surface area contributed by atoms with E-state index in [0.717, 1.165) is 5.69 Å². The predicted molar refractivity (Wildman–Crippen MR) is 114 cm³/mol. The lowest BCUT2D eigenvalue weighted by molar-refractivity contribution is 0.102. The Kier molecular flexibility index (Phi) is 6.13. The minimum absolute atomic E-state index is 0.284. The molecule has 3 rings (SSSR count). The molecule has 0 saturated carbocycles. The van der Waals surface area contributed by atoms with E-state index < -0.39 is 0 Å². The smallest absolute Gasteiger partial charge is 0.258 e. The highest BCUT2D eigenvalue weighted by Crippen LogP contribution is 2.30. The number of benzene rings is 2. The Labute approximate surface area is 169 Å². The van der Waals surface area contributed by atoms with Gasteiger partial charge in [-0.25, -0.2) is 9.97 Å². The lowest BCUT2D eigenvalue weighted by Crippen LogP contribution is -2.13. The standard InChI is InChI=1S/C21H23N5O3/c1-26(2)16-7-5-15(6-8-16)24-20(27)14-12-22-21(23-13-14)25-18-11-17(28-3)9-10-19(18)29-4/h5-13H,1-4H3,(H,24,27)(H,22,23,25). The maximum Gasteiger partial charge on any atom is 0.258 e. The number of nitrogens with one attached hydrogen (secondary N) is 2. The summed E-state index contributed by atoms with van der Waals surface area (Å²) in [5, 5.41) is 5.90. The molecule has 2 N–H and O–H groups in total. The molecule has 0 aliphatic heterocycles. The van der Waals surface area contributed by atoms with Gasteiger partial charge in [0.05, 0.1) is 25.5 Å². The average molecular weight is 393 g/mol. The molecule has 150 valence electrons. The third-order valence-corrected chi connectivity index (χ3v) is 4.21. The molecule has 0 bridgehead atoms. The van der Waals surface area contributed by atoms with Gasteiger partial charge in [0.2, 0.25) is 5.95 Å². The van der Waals surface area contributed by atoms with Crippen LogP contribution in [0, 0.1) is 0 Å². The van der Waals surface area contributed by atoms with Gasteiger partial charge in [-0.1, -0.05) is 0 Å². The highest BCUT2D eigenvalue weighted by molar-refractivity contribution is 6.04. The van der Waals surface area contributed by atoms with Crippen molar-refractivity contribution >= 4 is 28.9 Å². The zero-order valence-electron chi connectivity index (χ0n) is 16.8. The average Bonchev–Trinajstić information content (AvgIpc) is 2.74. The summed E-state index contributed by atoms with van der Waals surface area (Å²) in [4.78, 5) is 22.9. The van der Waals surface area contributed by atoms with E-state index in [1.807, 2.05) is 43.3 Å². The number of carbonyl (C=O) groups is 1. The molecule has 0 fully saturated rings. The summed E-state index contributed by atoms with van der Waals surface area (Å²) in [6, 6.07) is 12.9. The minimum Gasteiger partial charge on any atom is -0.497 e. The molecule has 1 amide bonds. The molecule has 29 heavy (non-hydrogen) atoms. The van der Waals surface area contributed by atoms with Crippen LogP contribution in [0.3, 0.4) is 0 Å². The molecule has 0 atom stereocenters. The zero-order chi connectivity index (χ0) is 20.8. The quantitative estimate of drug-likeness (QED) is 0.634. The van der Waals surface area contributed by atoms with Crippen LogP contribution in [0.25, 0.3) is 0 Å². The second kappa shape index (κ2) is 8.92. The number of anilines is 4. The Bertz CT molecular complexity index is 973. The molecule has 2 aromatic carbocycles. The Balaban J connectivity index is 1.69. The molecule has 1 aromatic heterocycles. The number of nitrogens with zero attached hydrogens (tertiary/aromatic N) is 3. The summed E-state index contributed by atoms with van der Waals surface area (Å²) in [5.41, 5.74) is 2.76. The fourth-order valence-electron chi connectivity index (χ4n) is 2.59. The third-order valence-electron chi connectivity index (χ3n) is 4.21. The fraction of sp³-hybridized carbons (Fsp3) is 0.190. The first-order valence-corrected chi connectivity index (χ1v) is 8.90. The summed E-state index contributed by atoms with van der Waals surface area (Å²) in [6.45, 7) is 0. The monoisotopic (exact) mass is 393 g/mol. The number of methoxy groups -OCH3 is 2. The van der Waals surface area contributed by atoms with Crippen molar-refractivity contribution in [2.75, 3.05) is 43.8 Å². The van der Waals surface area contributed by atoms with E-state index in [9.17, 15) is 4.79 Å². The molecule has 0 radical (unpaired) electrons. The number of hydrogen-bond donors (Lipinski definition) is 2. The van der Waals surface area contributed by atoms with Crippen LogP contribution in [-0.4, -0.2) is 44.2 Å². The lowest BCUT2D eigenvalue weighted by atomic mass is 10.2. The molecule has 1 heterocycles. The second-order valence-corrected chi connectivity index (χ2v) is 6.38. The molecule has 0 aliphatic rings. The summed E-state index contributed by atoms with van der Waals surface area (Å²) < 4.78 is 10.6. The molecule has 0 unspecified atom stereocenters. The Morgan fingerprint density at radius 1 is 0.966 bits per heavy atom. The summed E-state index contributed by atoms with van der Waals surface area (Å²) in [7, 11) is 7.08. The van der Waals surface area contributed by atoms with Crippen LogP contribution >= 0.6 is 0 Å². The van der Waals surface area contributed by atoms with Gasteiger partial charge in [-0.2, -0.15) is 0 Å². The first kappa shape index (κ1) is 19.9. The van der Waals surface area contributed by atoms with Crippen molar-refractivity contribution in [2.45, 2.75) is 0 Å². The Morgan fingerprint density at radius 3 is 2.24 bits per heavy atom. The van der Waals surface area contributed by atoms with Crippen molar-refractivity contribution in [3.05, 3.63) is 60.4 Å². The maximum absolute atomic E-state index is 12.4. The number of ether oxygens (including phenoxy) is 2. The van der Waals surface area contributed by atoms with E-state index in [2.05, 4.69) is 20.6 Å². The zero-order valence-corrected chi connectivity index (χ0v) is 16.8. The largest absolute Gasteiger partial charge is 0.497 e. The van der Waals surface area contributed by atoms with Gasteiger partial charge in [0.1, 0.15) is 11.5 Å². The molecule has 8 heteroatoms. The minimum atomic E-state index is -0.284. The van der Waals surface area contributed by atoms with Crippen LogP contribution in [0.5, 0.6) is 11.5 Å². The van der Waals surface area contributed by atoms with Crippen molar-refractivity contribution in [3.8, 4) is 11.5 Å². The molecule has 0 spiro atoms. The van der Waals surface area contributed by atoms with E-state index >= 15 is 0 Å². The normalized spacial score (nSPS) is 10.2. The van der Waals surface area contributed by atoms with E-state index in [0.29, 0.717) is 34.4 Å². The summed E-state index contributed by atoms with van der Waals surface area (Å²) in [6.07, 6.45) is 2.93. The van der Waals surface area contributed by atoms with E-state index in [-0.39, 0.29) is 5.91 Å². The van der Waals surface area contributed by atoms with Crippen molar-refractivity contribution in [2.24, 2.45) is 0 Å². The highest BCUT2D eigenvalue weighted by atomic mass is 16.5. The van der Waals surface area contributed by atoms with Crippen molar-refractivity contribution < 1.29 is 14.3 Å². The van der Waals surface area contributed by atoms with Gasteiger partial charge in [0.25, 0.3) is 5.91 Å². The van der Waals surface area contributed by atoms with Gasteiger partial charge in [0, 0.05) is 43.9 Å². The molecule has 3 aromatic rings. The number of carbonyl (C=O) groups excluding carboxylic acids is 1. The van der Waals surface area contributed by atoms with Gasteiger partial charge in [-0.15, -0.1) is 0 Å². The topological polar surface area (TPSA) is 88.6 Å². The van der Waals surface area contributed by atoms with E-state index in [4.69, 9.17) is 9.47 Å². The van der Waals surface area contributed by atoms with Gasteiger partial charge >= 0.3 is 0 Å². The number of rotatable bonds is 7. The molecular weight excluding hydrogens is 370 g/mol. The number of amides is 1. The van der Waals surface area contributed by atoms with Gasteiger partial charge < -0.3 is 25.0 Å². The van der Waals surface area contributed by atoms with Gasteiger partial charge in [-0.05, 0) is 36.4 Å². The fourth-order valence-corrected chi connectivity index (χ4v) is 2.59. The van der Waals surface area contributed by atoms with Crippen LogP contribution in [0.4, 0.5) is 23.0 Å². The van der Waals surface area contributed by atoms with Crippen LogP contribution < -0.4 is 25.0 Å². The van der Waals surface area contributed by atoms with Crippen molar-refractivity contribution in [1.29, 1.82) is 0 Å². The van der Waals surface area contributed by atoms with E-state index in [1.54, 1.807) is 32.4 Å².